The number of ether oxygens (including phenoxy) is 1. The van der Waals surface area contributed by atoms with Crippen LogP contribution in [0.3, 0.4) is 0 Å². The summed E-state index contributed by atoms with van der Waals surface area (Å²) in [7, 11) is 1.62. The first-order valence-electron chi connectivity index (χ1n) is 16.5. The van der Waals surface area contributed by atoms with Gasteiger partial charge in [0, 0.05) is 78.8 Å². The molecule has 0 spiro atoms. The van der Waals surface area contributed by atoms with Crippen molar-refractivity contribution in [1.29, 1.82) is 0 Å². The van der Waals surface area contributed by atoms with Crippen molar-refractivity contribution in [3.8, 4) is 28.6 Å². The lowest BCUT2D eigenvalue weighted by Gasteiger charge is -2.33. The molecule has 2 aliphatic rings. The normalized spacial score (nSPS) is 16.0. The number of carbonyl (C=O) groups is 1. The van der Waals surface area contributed by atoms with Gasteiger partial charge in [0.25, 0.3) is 0 Å². The van der Waals surface area contributed by atoms with Crippen molar-refractivity contribution in [3.05, 3.63) is 88.1 Å². The van der Waals surface area contributed by atoms with E-state index in [1.165, 1.54) is 12.1 Å². The fraction of sp³-hybridized carbons (Fsp3) is 0.342. The van der Waals surface area contributed by atoms with Gasteiger partial charge in [-0.3, -0.25) is 9.59 Å². The van der Waals surface area contributed by atoms with Crippen molar-refractivity contribution in [3.63, 3.8) is 0 Å². The molecule has 2 aliphatic heterocycles. The molecule has 1 unspecified atom stereocenters. The predicted octanol–water partition coefficient (Wildman–Crippen LogP) is 6.95. The third kappa shape index (κ3) is 5.98. The molecular weight excluding hydrogens is 594 g/mol. The summed E-state index contributed by atoms with van der Waals surface area (Å²) in [6, 6.07) is 19.5. The van der Waals surface area contributed by atoms with Crippen LogP contribution >= 0.6 is 0 Å². The molecule has 0 bridgehead atoms. The standard InChI is InChI=1S/C38H39N3O6/c1-46-26-14-13-25-19-28(38(39-29(25)20-26)41-17-9-4-10-18-41)27(21-34(45)40-15-7-3-8-16-40)35-30(42)22-31(43)36-32(44)23-33(47-37(35)36)24-11-5-2-6-12-24/h2,5-6,11-14,19-20,22-23,27,42-43H,3-4,7-10,15-18,21H2,1H3. The van der Waals surface area contributed by atoms with Crippen molar-refractivity contribution in [2.24, 2.45) is 0 Å². The van der Waals surface area contributed by atoms with E-state index in [0.29, 0.717) is 30.2 Å². The SMILES string of the molecule is COc1ccc2cc(C(CC(=O)N3CCCCC3)c3c(O)cc(O)c4c(=O)cc(-c5ccccc5)oc34)c(N3CCCCC3)nc2c1. The molecule has 2 aromatic heterocycles. The van der Waals surface area contributed by atoms with Crippen LogP contribution in [0.4, 0.5) is 5.82 Å². The number of aromatic nitrogens is 1. The zero-order valence-electron chi connectivity index (χ0n) is 26.6. The monoisotopic (exact) mass is 633 g/mol. The van der Waals surface area contributed by atoms with Gasteiger partial charge in [0.1, 0.15) is 39.8 Å². The van der Waals surface area contributed by atoms with Crippen LogP contribution in [0.5, 0.6) is 17.2 Å². The van der Waals surface area contributed by atoms with Crippen molar-refractivity contribution < 1.29 is 24.2 Å². The average molecular weight is 634 g/mol. The fourth-order valence-electron chi connectivity index (χ4n) is 7.11. The Balaban J connectivity index is 1.50. The number of piperidine rings is 2. The number of phenols is 2. The molecule has 9 heteroatoms. The number of hydrogen-bond donors (Lipinski definition) is 2. The van der Waals surface area contributed by atoms with E-state index < -0.39 is 11.3 Å². The highest BCUT2D eigenvalue weighted by atomic mass is 16.5. The number of fused-ring (bicyclic) bond motifs is 2. The van der Waals surface area contributed by atoms with Crippen LogP contribution < -0.4 is 15.1 Å². The zero-order chi connectivity index (χ0) is 32.5. The number of aromatic hydroxyl groups is 2. The molecule has 1 amide bonds. The quantitative estimate of drug-likeness (QED) is 0.198. The van der Waals surface area contributed by atoms with Crippen LogP contribution in [0, 0.1) is 0 Å². The molecule has 9 nitrogen and oxygen atoms in total. The Labute approximate surface area is 273 Å². The number of rotatable bonds is 7. The van der Waals surface area contributed by atoms with Crippen molar-refractivity contribution in [2.75, 3.05) is 38.2 Å². The van der Waals surface area contributed by atoms with Gasteiger partial charge >= 0.3 is 0 Å². The number of likely N-dealkylation sites (tertiary alicyclic amines) is 1. The Morgan fingerprint density at radius 1 is 0.894 bits per heavy atom. The second-order valence-electron chi connectivity index (χ2n) is 12.6. The number of pyridine rings is 1. The van der Waals surface area contributed by atoms with Gasteiger partial charge in [-0.1, -0.05) is 30.3 Å². The van der Waals surface area contributed by atoms with Gasteiger partial charge in [-0.25, -0.2) is 4.98 Å². The maximum Gasteiger partial charge on any atom is 0.223 e. The van der Waals surface area contributed by atoms with E-state index in [2.05, 4.69) is 4.90 Å². The van der Waals surface area contributed by atoms with Gasteiger partial charge in [-0.05, 0) is 56.7 Å². The first kappa shape index (κ1) is 30.6. The van der Waals surface area contributed by atoms with Crippen molar-refractivity contribution in [1.82, 2.24) is 9.88 Å². The van der Waals surface area contributed by atoms with E-state index in [4.69, 9.17) is 14.1 Å². The smallest absolute Gasteiger partial charge is 0.223 e. The van der Waals surface area contributed by atoms with E-state index in [-0.39, 0.29) is 40.4 Å². The summed E-state index contributed by atoms with van der Waals surface area (Å²) in [6.45, 7) is 2.96. The maximum absolute atomic E-state index is 14.1. The zero-order valence-corrected chi connectivity index (χ0v) is 26.6. The largest absolute Gasteiger partial charge is 0.507 e. The van der Waals surface area contributed by atoms with Gasteiger partial charge in [0.2, 0.25) is 5.91 Å². The number of amides is 1. The lowest BCUT2D eigenvalue weighted by Crippen LogP contribution is -2.37. The minimum absolute atomic E-state index is 0.0247. The number of benzene rings is 3. The molecule has 0 saturated carbocycles. The molecule has 2 N–H and O–H groups in total. The number of anilines is 1. The molecule has 1 atom stereocenters. The Morgan fingerprint density at radius 3 is 2.34 bits per heavy atom. The summed E-state index contributed by atoms with van der Waals surface area (Å²) in [4.78, 5) is 37.1. The molecule has 0 aliphatic carbocycles. The fourth-order valence-corrected chi connectivity index (χ4v) is 7.11. The van der Waals surface area contributed by atoms with Crippen LogP contribution in [-0.4, -0.2) is 59.3 Å². The second kappa shape index (κ2) is 13.0. The van der Waals surface area contributed by atoms with Gasteiger partial charge < -0.3 is 29.2 Å². The highest BCUT2D eigenvalue weighted by Gasteiger charge is 2.33. The molecule has 242 valence electrons. The van der Waals surface area contributed by atoms with Crippen LogP contribution in [0.2, 0.25) is 0 Å². The second-order valence-corrected chi connectivity index (χ2v) is 12.6. The third-order valence-electron chi connectivity index (χ3n) is 9.56. The highest BCUT2D eigenvalue weighted by Crippen LogP contribution is 2.46. The van der Waals surface area contributed by atoms with Gasteiger partial charge in [-0.2, -0.15) is 0 Å². The van der Waals surface area contributed by atoms with E-state index in [1.54, 1.807) is 7.11 Å². The first-order valence-corrected chi connectivity index (χ1v) is 16.5. The number of methoxy groups -OCH3 is 1. The first-order chi connectivity index (χ1) is 22.9. The summed E-state index contributed by atoms with van der Waals surface area (Å²) in [5.41, 5.74) is 2.09. The van der Waals surface area contributed by atoms with Crippen molar-refractivity contribution >= 4 is 33.6 Å². The average Bonchev–Trinajstić information content (AvgIpc) is 3.11. The summed E-state index contributed by atoms with van der Waals surface area (Å²) < 4.78 is 12.0. The minimum Gasteiger partial charge on any atom is -0.507 e. The molecule has 0 radical (unpaired) electrons. The molecular formula is C38H39N3O6. The molecule has 2 fully saturated rings. The Hall–Kier alpha value is -5.05. The van der Waals surface area contributed by atoms with Crippen LogP contribution in [0.15, 0.2) is 75.9 Å². The van der Waals surface area contributed by atoms with Crippen LogP contribution in [0.25, 0.3) is 33.2 Å². The number of carbonyl (C=O) groups excluding carboxylic acids is 1. The highest BCUT2D eigenvalue weighted by molar-refractivity contribution is 5.92. The number of phenolic OH excluding ortho intramolecular Hbond substituents is 2. The summed E-state index contributed by atoms with van der Waals surface area (Å²) in [5.74, 6) is 0.306. The topological polar surface area (TPSA) is 116 Å². The molecule has 7 rings (SSSR count). The minimum atomic E-state index is -0.738. The predicted molar refractivity (Wildman–Crippen MR) is 182 cm³/mol. The lowest BCUT2D eigenvalue weighted by molar-refractivity contribution is -0.132. The Kier molecular flexibility index (Phi) is 8.45. The molecule has 2 saturated heterocycles. The number of hydrogen-bond acceptors (Lipinski definition) is 8. The van der Waals surface area contributed by atoms with E-state index >= 15 is 0 Å². The van der Waals surface area contributed by atoms with Crippen LogP contribution in [-0.2, 0) is 4.79 Å². The van der Waals surface area contributed by atoms with E-state index in [1.807, 2.05) is 59.5 Å². The summed E-state index contributed by atoms with van der Waals surface area (Å²) in [6.07, 6.45) is 6.14. The lowest BCUT2D eigenvalue weighted by atomic mass is 9.85. The molecule has 3 aromatic carbocycles. The van der Waals surface area contributed by atoms with Gasteiger partial charge in [0.15, 0.2) is 5.43 Å². The Bertz CT molecular complexity index is 2000. The molecule has 47 heavy (non-hydrogen) atoms. The summed E-state index contributed by atoms with van der Waals surface area (Å²) in [5, 5.41) is 23.5. The molecule has 5 aromatic rings. The molecule has 4 heterocycles. The maximum atomic E-state index is 14.1. The summed E-state index contributed by atoms with van der Waals surface area (Å²) >= 11 is 0. The van der Waals surface area contributed by atoms with Gasteiger partial charge in [-0.15, -0.1) is 0 Å². The van der Waals surface area contributed by atoms with Crippen molar-refractivity contribution in [2.45, 2.75) is 50.9 Å². The van der Waals surface area contributed by atoms with Gasteiger partial charge in [0.05, 0.1) is 12.6 Å². The van der Waals surface area contributed by atoms with Crippen LogP contribution in [0.1, 0.15) is 62.0 Å². The number of nitrogens with zero attached hydrogens (tertiary/aromatic N) is 3. The van der Waals surface area contributed by atoms with E-state index in [9.17, 15) is 19.8 Å². The Morgan fingerprint density at radius 2 is 1.62 bits per heavy atom. The third-order valence-corrected chi connectivity index (χ3v) is 9.56. The van der Waals surface area contributed by atoms with E-state index in [0.717, 1.165) is 73.9 Å².